The Labute approximate surface area is 240 Å². The minimum atomic E-state index is -0.986. The molecule has 4 atom stereocenters. The van der Waals surface area contributed by atoms with Gasteiger partial charge >= 0.3 is 0 Å². The summed E-state index contributed by atoms with van der Waals surface area (Å²) in [5, 5.41) is 26.2. The van der Waals surface area contributed by atoms with Gasteiger partial charge in [0.2, 0.25) is 5.91 Å². The van der Waals surface area contributed by atoms with Gasteiger partial charge in [-0.15, -0.1) is 0 Å². The second-order valence-electron chi connectivity index (χ2n) is 11.7. The lowest BCUT2D eigenvalue weighted by atomic mass is 9.85. The van der Waals surface area contributed by atoms with E-state index in [-0.39, 0.29) is 30.3 Å². The molecule has 220 valence electrons. The Kier molecular flexibility index (Phi) is 7.74. The Morgan fingerprint density at radius 2 is 1.90 bits per heavy atom. The summed E-state index contributed by atoms with van der Waals surface area (Å²) in [6, 6.07) is 11.3. The van der Waals surface area contributed by atoms with Gasteiger partial charge in [-0.1, -0.05) is 32.0 Å². The van der Waals surface area contributed by atoms with Crippen LogP contribution < -0.4 is 20.1 Å². The van der Waals surface area contributed by atoms with Crippen LogP contribution in [0.15, 0.2) is 42.5 Å². The lowest BCUT2D eigenvalue weighted by Gasteiger charge is -2.46. The van der Waals surface area contributed by atoms with Gasteiger partial charge < -0.3 is 30.0 Å². The number of hydrogen-bond acceptors (Lipinski definition) is 7. The molecule has 10 heteroatoms. The molecule has 0 radical (unpaired) electrons. The highest BCUT2D eigenvalue weighted by molar-refractivity contribution is 6.00. The molecule has 1 saturated heterocycles. The summed E-state index contributed by atoms with van der Waals surface area (Å²) in [5.41, 5.74) is 0.352. The smallest absolute Gasteiger partial charge is 0.251 e. The van der Waals surface area contributed by atoms with E-state index in [1.165, 1.54) is 4.90 Å². The highest BCUT2D eigenvalue weighted by atomic mass is 16.5. The van der Waals surface area contributed by atoms with E-state index in [4.69, 9.17) is 19.6 Å². The molecule has 0 saturated carbocycles. The molecule has 2 amide bonds. The molecule has 3 aliphatic rings. The third-order valence-electron chi connectivity index (χ3n) is 8.75. The minimum Gasteiger partial charge on any atom is -0.488 e. The molecular formula is C31H40N4O6. The van der Waals surface area contributed by atoms with Crippen LogP contribution in [0, 0.1) is 5.41 Å². The standard InChI is InChI=1S/C31H40N4O6/c1-6-31(7-2)16-25(36)35(29(32)34-31)22-15-19(17-39-5)40-23-13-12-18(14-21(22)23)28(38)33-26-20-10-8-9-11-24(20)41-30(3,4)27(26)37/h8-14,19,22,26-27,37H,6-7,15-17H2,1-5H3,(H2,32,34)(H,33,38)/t19?,22-,26-,27+/m1/s1. The van der Waals surface area contributed by atoms with E-state index in [0.29, 0.717) is 41.2 Å². The Bertz CT molecular complexity index is 1320. The summed E-state index contributed by atoms with van der Waals surface area (Å²) in [7, 11) is 1.60. The second-order valence-corrected chi connectivity index (χ2v) is 11.7. The van der Waals surface area contributed by atoms with E-state index in [9.17, 15) is 14.7 Å². The van der Waals surface area contributed by atoms with E-state index in [1.807, 2.05) is 38.1 Å². The number of amides is 2. The van der Waals surface area contributed by atoms with Crippen LogP contribution in [0.4, 0.5) is 0 Å². The Balaban J connectivity index is 1.47. The van der Waals surface area contributed by atoms with Crippen molar-refractivity contribution in [1.82, 2.24) is 15.5 Å². The normalized spacial score (nSPS) is 26.1. The van der Waals surface area contributed by atoms with Crippen LogP contribution in [0.2, 0.25) is 0 Å². The van der Waals surface area contributed by atoms with Gasteiger partial charge in [-0.05, 0) is 51.0 Å². The zero-order chi connectivity index (χ0) is 29.5. The number of carbonyl (C=O) groups excluding carboxylic acids is 2. The summed E-state index contributed by atoms with van der Waals surface area (Å²) in [6.07, 6.45) is 0.834. The SMILES string of the molecule is CCC1(CC)CC(=O)N([C@@H]2CC(COC)Oc3ccc(C(=O)N[C@@H]4c5ccccc5OC(C)(C)[C@H]4O)cc32)C(=N)N1. The van der Waals surface area contributed by atoms with Crippen molar-refractivity contribution in [3.8, 4) is 11.5 Å². The Morgan fingerprint density at radius 3 is 2.59 bits per heavy atom. The van der Waals surface area contributed by atoms with Gasteiger partial charge in [0.25, 0.3) is 5.91 Å². The number of nitrogens with zero attached hydrogens (tertiary/aromatic N) is 1. The van der Waals surface area contributed by atoms with Crippen LogP contribution in [0.3, 0.4) is 0 Å². The fourth-order valence-corrected chi connectivity index (χ4v) is 6.18. The molecule has 4 N–H and O–H groups in total. The molecule has 1 unspecified atom stereocenters. The first-order chi connectivity index (χ1) is 19.5. The highest BCUT2D eigenvalue weighted by Crippen LogP contribution is 2.42. The number of rotatable bonds is 7. The molecule has 3 aliphatic heterocycles. The zero-order valence-electron chi connectivity index (χ0n) is 24.3. The molecule has 0 aliphatic carbocycles. The molecule has 2 aromatic carbocycles. The van der Waals surface area contributed by atoms with Gasteiger partial charge in [-0.25, -0.2) is 0 Å². The molecule has 5 rings (SSSR count). The Hall–Kier alpha value is -3.63. The maximum absolute atomic E-state index is 13.6. The molecule has 0 aromatic heterocycles. The molecule has 1 fully saturated rings. The number of nitrogens with one attached hydrogen (secondary N) is 3. The van der Waals surface area contributed by atoms with Crippen LogP contribution in [-0.4, -0.2) is 64.8 Å². The van der Waals surface area contributed by atoms with E-state index in [1.54, 1.807) is 39.2 Å². The maximum atomic E-state index is 13.6. The fraction of sp³-hybridized carbons (Fsp3) is 0.516. The average Bonchev–Trinajstić information content (AvgIpc) is 2.94. The predicted octanol–water partition coefficient (Wildman–Crippen LogP) is 3.84. The van der Waals surface area contributed by atoms with Crippen molar-refractivity contribution in [3.63, 3.8) is 0 Å². The van der Waals surface area contributed by atoms with Crippen LogP contribution in [0.1, 0.15) is 86.9 Å². The second kappa shape index (κ2) is 11.0. The fourth-order valence-electron chi connectivity index (χ4n) is 6.18. The maximum Gasteiger partial charge on any atom is 0.251 e. The number of ether oxygens (including phenoxy) is 3. The molecule has 3 heterocycles. The average molecular weight is 565 g/mol. The van der Waals surface area contributed by atoms with Gasteiger partial charge in [0.15, 0.2) is 5.96 Å². The number of para-hydroxylation sites is 1. The predicted molar refractivity (Wildman–Crippen MR) is 153 cm³/mol. The van der Waals surface area contributed by atoms with Crippen molar-refractivity contribution in [2.45, 2.75) is 88.8 Å². The van der Waals surface area contributed by atoms with E-state index in [0.717, 1.165) is 12.8 Å². The molecule has 2 aromatic rings. The summed E-state index contributed by atoms with van der Waals surface area (Å²) >= 11 is 0. The van der Waals surface area contributed by atoms with E-state index >= 15 is 0 Å². The van der Waals surface area contributed by atoms with Gasteiger partial charge in [0, 0.05) is 35.8 Å². The summed E-state index contributed by atoms with van der Waals surface area (Å²) in [6.45, 7) is 7.93. The largest absolute Gasteiger partial charge is 0.488 e. The number of guanidine groups is 1. The number of carbonyl (C=O) groups is 2. The van der Waals surface area contributed by atoms with Gasteiger partial charge in [-0.3, -0.25) is 19.9 Å². The number of fused-ring (bicyclic) bond motifs is 2. The van der Waals surface area contributed by atoms with Crippen molar-refractivity contribution in [2.75, 3.05) is 13.7 Å². The van der Waals surface area contributed by atoms with Crippen molar-refractivity contribution >= 4 is 17.8 Å². The third-order valence-corrected chi connectivity index (χ3v) is 8.75. The lowest BCUT2D eigenvalue weighted by Crippen LogP contribution is -2.63. The van der Waals surface area contributed by atoms with Crippen molar-refractivity contribution in [1.29, 1.82) is 5.41 Å². The first kappa shape index (κ1) is 28.9. The number of benzene rings is 2. The van der Waals surface area contributed by atoms with Crippen LogP contribution in [0.5, 0.6) is 11.5 Å². The molecule has 0 spiro atoms. The van der Waals surface area contributed by atoms with Crippen molar-refractivity contribution < 1.29 is 28.9 Å². The van der Waals surface area contributed by atoms with Crippen LogP contribution in [-0.2, 0) is 9.53 Å². The number of aliphatic hydroxyl groups excluding tert-OH is 1. The summed E-state index contributed by atoms with van der Waals surface area (Å²) in [4.78, 5) is 28.7. The van der Waals surface area contributed by atoms with Gasteiger partial charge in [0.1, 0.15) is 29.3 Å². The van der Waals surface area contributed by atoms with Crippen molar-refractivity contribution in [2.24, 2.45) is 0 Å². The van der Waals surface area contributed by atoms with Crippen molar-refractivity contribution in [3.05, 3.63) is 59.2 Å². The lowest BCUT2D eigenvalue weighted by molar-refractivity contribution is -0.133. The highest BCUT2D eigenvalue weighted by Gasteiger charge is 2.46. The van der Waals surface area contributed by atoms with Gasteiger partial charge in [-0.2, -0.15) is 0 Å². The number of aliphatic hydroxyl groups is 1. The zero-order valence-corrected chi connectivity index (χ0v) is 24.3. The van der Waals surface area contributed by atoms with E-state index in [2.05, 4.69) is 10.6 Å². The first-order valence-corrected chi connectivity index (χ1v) is 14.3. The number of methoxy groups -OCH3 is 1. The van der Waals surface area contributed by atoms with E-state index < -0.39 is 29.3 Å². The Morgan fingerprint density at radius 1 is 1.17 bits per heavy atom. The topological polar surface area (TPSA) is 133 Å². The third kappa shape index (κ3) is 5.26. The first-order valence-electron chi connectivity index (χ1n) is 14.3. The molecule has 10 nitrogen and oxygen atoms in total. The minimum absolute atomic E-state index is 0.0537. The molecular weight excluding hydrogens is 524 g/mol. The quantitative estimate of drug-likeness (QED) is 0.402. The summed E-state index contributed by atoms with van der Waals surface area (Å²) < 4.78 is 17.5. The van der Waals surface area contributed by atoms with Gasteiger partial charge in [0.05, 0.1) is 25.1 Å². The number of hydrogen-bond donors (Lipinski definition) is 4. The van der Waals surface area contributed by atoms with Crippen LogP contribution in [0.25, 0.3) is 0 Å². The monoisotopic (exact) mass is 564 g/mol. The molecule has 0 bridgehead atoms. The van der Waals surface area contributed by atoms with Crippen LogP contribution >= 0.6 is 0 Å². The molecule has 41 heavy (non-hydrogen) atoms. The summed E-state index contributed by atoms with van der Waals surface area (Å²) in [5.74, 6) is 0.696.